The van der Waals surface area contributed by atoms with E-state index in [0.717, 1.165) is 17.3 Å². The topological polar surface area (TPSA) is 90.3 Å². The van der Waals surface area contributed by atoms with Crippen molar-refractivity contribution < 1.29 is 18.7 Å². The summed E-state index contributed by atoms with van der Waals surface area (Å²) in [7, 11) is 1.53. The fraction of sp³-hybridized carbons (Fsp3) is 0.185. The molecular weight excluding hydrogens is 517 g/mol. The van der Waals surface area contributed by atoms with Gasteiger partial charge in [0.25, 0.3) is 11.5 Å². The average molecular weight is 540 g/mol. The minimum Gasteiger partial charge on any atom is -0.383 e. The number of Topliss-reactive ketones (excluding diaryl/α,β-unsaturated/α-hetero) is 1. The summed E-state index contributed by atoms with van der Waals surface area (Å²) in [5.74, 6) is -0.785. The van der Waals surface area contributed by atoms with E-state index in [1.807, 2.05) is 0 Å². The molecule has 3 aromatic carbocycles. The summed E-state index contributed by atoms with van der Waals surface area (Å²) >= 11 is 7.04. The summed E-state index contributed by atoms with van der Waals surface area (Å²) in [4.78, 5) is 43.3. The highest BCUT2D eigenvalue weighted by Gasteiger charge is 2.16. The van der Waals surface area contributed by atoms with E-state index in [9.17, 15) is 18.8 Å². The molecule has 0 unspecified atom stereocenters. The van der Waals surface area contributed by atoms with E-state index in [1.165, 1.54) is 23.8 Å². The molecule has 0 spiro atoms. The number of benzene rings is 3. The first-order chi connectivity index (χ1) is 17.9. The summed E-state index contributed by atoms with van der Waals surface area (Å²) in [5, 5.41) is 4.01. The van der Waals surface area contributed by atoms with Gasteiger partial charge in [0, 0.05) is 29.8 Å². The predicted molar refractivity (Wildman–Crippen MR) is 142 cm³/mol. The summed E-state index contributed by atoms with van der Waals surface area (Å²) in [6.45, 7) is 0.766. The molecule has 10 heteroatoms. The van der Waals surface area contributed by atoms with E-state index in [0.29, 0.717) is 32.2 Å². The van der Waals surface area contributed by atoms with Crippen LogP contribution in [0.4, 0.5) is 4.39 Å². The molecule has 0 saturated heterocycles. The lowest BCUT2D eigenvalue weighted by Gasteiger charge is -2.13. The monoisotopic (exact) mass is 539 g/mol. The minimum atomic E-state index is -0.358. The molecule has 4 aromatic rings. The first kappa shape index (κ1) is 26.5. The number of hydrogen-bond donors (Lipinski definition) is 1. The number of halogens is 2. The van der Waals surface area contributed by atoms with Crippen LogP contribution in [0.5, 0.6) is 0 Å². The Bertz CT molecular complexity index is 1490. The van der Waals surface area contributed by atoms with Crippen molar-refractivity contribution in [3.05, 3.63) is 105 Å². The Balaban J connectivity index is 1.58. The van der Waals surface area contributed by atoms with Crippen LogP contribution in [0.25, 0.3) is 10.9 Å². The average Bonchev–Trinajstić information content (AvgIpc) is 2.91. The molecule has 190 valence electrons. The number of methoxy groups -OCH3 is 1. The molecule has 4 rings (SSSR count). The number of ether oxygens (including phenoxy) is 1. The normalized spacial score (nSPS) is 11.0. The smallest absolute Gasteiger partial charge is 0.262 e. The third-order valence-corrected chi connectivity index (χ3v) is 6.79. The third kappa shape index (κ3) is 6.62. The van der Waals surface area contributed by atoms with Crippen molar-refractivity contribution in [1.82, 2.24) is 14.9 Å². The summed E-state index contributed by atoms with van der Waals surface area (Å²) in [5.41, 5.74) is 1.63. The van der Waals surface area contributed by atoms with Crippen LogP contribution in [-0.2, 0) is 17.8 Å². The number of fused-ring (bicyclic) bond motifs is 1. The van der Waals surface area contributed by atoms with Crippen molar-refractivity contribution >= 4 is 46.0 Å². The Labute approximate surface area is 221 Å². The highest BCUT2D eigenvalue weighted by Crippen LogP contribution is 2.21. The second kappa shape index (κ2) is 12.1. The number of amides is 1. The zero-order valence-electron chi connectivity index (χ0n) is 19.9. The van der Waals surface area contributed by atoms with Gasteiger partial charge in [-0.2, -0.15) is 0 Å². The molecule has 0 aliphatic rings. The summed E-state index contributed by atoms with van der Waals surface area (Å²) in [6, 6.07) is 17.1. The lowest BCUT2D eigenvalue weighted by molar-refractivity contribution is 0.0950. The van der Waals surface area contributed by atoms with Crippen molar-refractivity contribution in [1.29, 1.82) is 0 Å². The molecule has 1 amide bonds. The zero-order valence-corrected chi connectivity index (χ0v) is 21.4. The number of nitrogens with zero attached hydrogens (tertiary/aromatic N) is 2. The number of nitrogens with one attached hydrogen (secondary N) is 1. The van der Waals surface area contributed by atoms with Crippen LogP contribution in [-0.4, -0.2) is 40.7 Å². The molecule has 0 fully saturated rings. The number of aromatic nitrogens is 2. The molecule has 37 heavy (non-hydrogen) atoms. The van der Waals surface area contributed by atoms with Gasteiger partial charge >= 0.3 is 0 Å². The first-order valence-electron chi connectivity index (χ1n) is 11.3. The molecule has 0 bridgehead atoms. The number of carbonyl (C=O) groups excluding carboxylic acids is 2. The van der Waals surface area contributed by atoms with Crippen molar-refractivity contribution in [2.45, 2.75) is 18.2 Å². The quantitative estimate of drug-likeness (QED) is 0.178. The maximum absolute atomic E-state index is 13.2. The van der Waals surface area contributed by atoms with E-state index in [4.69, 9.17) is 16.3 Å². The Morgan fingerprint density at radius 1 is 1.05 bits per heavy atom. The first-order valence-corrected chi connectivity index (χ1v) is 12.7. The van der Waals surface area contributed by atoms with E-state index in [-0.39, 0.29) is 48.5 Å². The molecule has 0 radical (unpaired) electrons. The highest BCUT2D eigenvalue weighted by molar-refractivity contribution is 7.99. The van der Waals surface area contributed by atoms with Crippen LogP contribution in [0.3, 0.4) is 0 Å². The van der Waals surface area contributed by atoms with Gasteiger partial charge in [0.05, 0.1) is 29.8 Å². The van der Waals surface area contributed by atoms with Crippen LogP contribution in [0.1, 0.15) is 26.3 Å². The molecular formula is C27H23ClFN3O4S. The predicted octanol–water partition coefficient (Wildman–Crippen LogP) is 4.74. The minimum absolute atomic E-state index is 0.0599. The van der Waals surface area contributed by atoms with Crippen LogP contribution < -0.4 is 10.9 Å². The maximum Gasteiger partial charge on any atom is 0.262 e. The Hall–Kier alpha value is -3.53. The molecule has 1 aromatic heterocycles. The van der Waals surface area contributed by atoms with Gasteiger partial charge < -0.3 is 10.1 Å². The van der Waals surface area contributed by atoms with Crippen LogP contribution >= 0.6 is 23.4 Å². The lowest BCUT2D eigenvalue weighted by Crippen LogP contribution is -2.26. The molecule has 1 heterocycles. The van der Waals surface area contributed by atoms with E-state index >= 15 is 0 Å². The van der Waals surface area contributed by atoms with E-state index < -0.39 is 0 Å². The largest absolute Gasteiger partial charge is 0.383 e. The van der Waals surface area contributed by atoms with Crippen LogP contribution in [0.2, 0.25) is 5.02 Å². The Morgan fingerprint density at radius 3 is 2.46 bits per heavy atom. The molecule has 7 nitrogen and oxygen atoms in total. The number of ketones is 1. The number of thioether (sulfide) groups is 1. The number of hydrogen-bond acceptors (Lipinski definition) is 6. The Morgan fingerprint density at radius 2 is 1.76 bits per heavy atom. The second-order valence-electron chi connectivity index (χ2n) is 8.10. The SMILES string of the molecule is COCCn1c(SCC(=O)c2ccc(Cl)cc2)nc2cc(C(=O)NCc3ccc(F)cc3)ccc2c1=O. The van der Waals surface area contributed by atoms with Gasteiger partial charge in [0.1, 0.15) is 5.82 Å². The molecule has 0 aliphatic carbocycles. The van der Waals surface area contributed by atoms with Crippen molar-refractivity contribution in [3.8, 4) is 0 Å². The van der Waals surface area contributed by atoms with Gasteiger partial charge in [0.2, 0.25) is 0 Å². The van der Waals surface area contributed by atoms with E-state index in [2.05, 4.69) is 10.3 Å². The van der Waals surface area contributed by atoms with Crippen LogP contribution in [0.15, 0.2) is 76.7 Å². The van der Waals surface area contributed by atoms with Gasteiger partial charge in [-0.05, 0) is 60.2 Å². The number of carbonyl (C=O) groups is 2. The lowest BCUT2D eigenvalue weighted by atomic mass is 10.1. The summed E-state index contributed by atoms with van der Waals surface area (Å²) in [6.07, 6.45) is 0. The molecule has 0 atom stereocenters. The molecule has 1 N–H and O–H groups in total. The summed E-state index contributed by atoms with van der Waals surface area (Å²) < 4.78 is 19.7. The van der Waals surface area contributed by atoms with Crippen molar-refractivity contribution in [2.24, 2.45) is 0 Å². The number of rotatable bonds is 10. The molecule has 0 aliphatic heterocycles. The fourth-order valence-electron chi connectivity index (χ4n) is 3.57. The van der Waals surface area contributed by atoms with Gasteiger partial charge in [-0.15, -0.1) is 0 Å². The zero-order chi connectivity index (χ0) is 26.4. The van der Waals surface area contributed by atoms with Crippen molar-refractivity contribution in [3.63, 3.8) is 0 Å². The maximum atomic E-state index is 13.2. The standard InChI is InChI=1S/C27H23ClFN3O4S/c1-36-13-12-32-26(35)22-11-6-19(25(34)30-15-17-2-9-21(29)10-3-17)14-23(22)31-27(32)37-16-24(33)18-4-7-20(28)8-5-18/h2-11,14H,12-13,15-16H2,1H3,(H,30,34). The second-order valence-corrected chi connectivity index (χ2v) is 9.48. The third-order valence-electron chi connectivity index (χ3n) is 5.57. The van der Waals surface area contributed by atoms with Gasteiger partial charge in [0.15, 0.2) is 10.9 Å². The Kier molecular flexibility index (Phi) is 8.70. The molecule has 0 saturated carbocycles. The van der Waals surface area contributed by atoms with Gasteiger partial charge in [-0.3, -0.25) is 19.0 Å². The van der Waals surface area contributed by atoms with E-state index in [1.54, 1.807) is 54.6 Å². The highest BCUT2D eigenvalue weighted by atomic mass is 35.5. The van der Waals surface area contributed by atoms with Crippen molar-refractivity contribution in [2.75, 3.05) is 19.5 Å². The van der Waals surface area contributed by atoms with Crippen LogP contribution in [0, 0.1) is 5.82 Å². The fourth-order valence-corrected chi connectivity index (χ4v) is 4.61. The van der Waals surface area contributed by atoms with Gasteiger partial charge in [-0.1, -0.05) is 35.5 Å². The van der Waals surface area contributed by atoms with Gasteiger partial charge in [-0.25, -0.2) is 9.37 Å².